The lowest BCUT2D eigenvalue weighted by Gasteiger charge is -2.33. The number of carbonyl (C=O) groups is 1. The second-order valence-electron chi connectivity index (χ2n) is 4.89. The molecule has 0 saturated carbocycles. The van der Waals surface area contributed by atoms with Crippen molar-refractivity contribution in [1.82, 2.24) is 4.90 Å². The molecule has 5 heteroatoms. The molecule has 0 aromatic heterocycles. The van der Waals surface area contributed by atoms with Gasteiger partial charge in [-0.1, -0.05) is 0 Å². The first-order valence-corrected chi connectivity index (χ1v) is 6.53. The molecule has 1 saturated heterocycles. The van der Waals surface area contributed by atoms with Crippen molar-refractivity contribution in [2.75, 3.05) is 13.1 Å². The predicted molar refractivity (Wildman–Crippen MR) is 70.3 cm³/mol. The fourth-order valence-corrected chi connectivity index (χ4v) is 2.19. The third kappa shape index (κ3) is 3.67. The van der Waals surface area contributed by atoms with Crippen LogP contribution in [0.25, 0.3) is 0 Å². The lowest BCUT2D eigenvalue weighted by Crippen LogP contribution is -2.47. The first-order chi connectivity index (χ1) is 9.06. The van der Waals surface area contributed by atoms with Crippen molar-refractivity contribution in [3.05, 3.63) is 30.1 Å². The molecule has 1 aromatic carbocycles. The summed E-state index contributed by atoms with van der Waals surface area (Å²) in [5.74, 6) is 0.378. The number of ether oxygens (including phenoxy) is 1. The third-order valence-electron chi connectivity index (χ3n) is 3.26. The summed E-state index contributed by atoms with van der Waals surface area (Å²) in [5.41, 5.74) is 5.58. The van der Waals surface area contributed by atoms with Gasteiger partial charge in [-0.25, -0.2) is 4.39 Å². The zero-order valence-electron chi connectivity index (χ0n) is 11.0. The van der Waals surface area contributed by atoms with Crippen LogP contribution in [0.2, 0.25) is 0 Å². The number of rotatable bonds is 3. The Balaban J connectivity index is 1.83. The normalized spacial score (nSPS) is 18.2. The van der Waals surface area contributed by atoms with E-state index in [2.05, 4.69) is 0 Å². The summed E-state index contributed by atoms with van der Waals surface area (Å²) >= 11 is 0. The minimum absolute atomic E-state index is 0.0137. The van der Waals surface area contributed by atoms with Gasteiger partial charge in [0.15, 0.2) is 0 Å². The minimum atomic E-state index is -0.449. The van der Waals surface area contributed by atoms with Crippen LogP contribution in [0, 0.1) is 5.82 Å². The van der Waals surface area contributed by atoms with Gasteiger partial charge in [0.05, 0.1) is 6.04 Å². The van der Waals surface area contributed by atoms with Crippen LogP contribution in [0.15, 0.2) is 24.3 Å². The molecule has 1 aromatic rings. The van der Waals surface area contributed by atoms with Crippen molar-refractivity contribution in [1.29, 1.82) is 0 Å². The Bertz CT molecular complexity index is 426. The molecule has 4 nitrogen and oxygen atoms in total. The molecule has 0 bridgehead atoms. The van der Waals surface area contributed by atoms with E-state index in [0.29, 0.717) is 18.8 Å². The quantitative estimate of drug-likeness (QED) is 0.903. The Hall–Kier alpha value is -1.62. The first kappa shape index (κ1) is 13.8. The highest BCUT2D eigenvalue weighted by atomic mass is 19.1. The Morgan fingerprint density at radius 1 is 1.37 bits per heavy atom. The molecule has 104 valence electrons. The molecule has 1 aliphatic rings. The lowest BCUT2D eigenvalue weighted by atomic mass is 10.1. The Morgan fingerprint density at radius 2 is 1.95 bits per heavy atom. The second-order valence-corrected chi connectivity index (χ2v) is 4.89. The summed E-state index contributed by atoms with van der Waals surface area (Å²) < 4.78 is 18.5. The largest absolute Gasteiger partial charge is 0.490 e. The smallest absolute Gasteiger partial charge is 0.239 e. The first-order valence-electron chi connectivity index (χ1n) is 6.53. The highest BCUT2D eigenvalue weighted by Gasteiger charge is 2.25. The number of benzene rings is 1. The molecule has 1 unspecified atom stereocenters. The van der Waals surface area contributed by atoms with Crippen LogP contribution in [0.5, 0.6) is 5.75 Å². The minimum Gasteiger partial charge on any atom is -0.490 e. The molecule has 0 radical (unpaired) electrons. The average molecular weight is 266 g/mol. The van der Waals surface area contributed by atoms with Crippen molar-refractivity contribution in [2.24, 2.45) is 5.73 Å². The molecule has 2 rings (SSSR count). The van der Waals surface area contributed by atoms with E-state index in [4.69, 9.17) is 10.5 Å². The number of piperidine rings is 1. The molecule has 1 heterocycles. The highest BCUT2D eigenvalue weighted by Crippen LogP contribution is 2.19. The van der Waals surface area contributed by atoms with Gasteiger partial charge in [-0.15, -0.1) is 0 Å². The molecular weight excluding hydrogens is 247 g/mol. The van der Waals surface area contributed by atoms with Gasteiger partial charge < -0.3 is 15.4 Å². The molecule has 0 aliphatic carbocycles. The van der Waals surface area contributed by atoms with Crippen LogP contribution >= 0.6 is 0 Å². The van der Waals surface area contributed by atoms with E-state index < -0.39 is 6.04 Å². The van der Waals surface area contributed by atoms with Gasteiger partial charge in [-0.3, -0.25) is 4.79 Å². The van der Waals surface area contributed by atoms with E-state index in [1.807, 2.05) is 0 Å². The SMILES string of the molecule is CC(N)C(=O)N1CCC(Oc2ccc(F)cc2)CC1. The van der Waals surface area contributed by atoms with Crippen LogP contribution in [0.4, 0.5) is 4.39 Å². The molecule has 1 aliphatic heterocycles. The van der Waals surface area contributed by atoms with E-state index in [1.54, 1.807) is 24.0 Å². The number of nitrogens with two attached hydrogens (primary N) is 1. The summed E-state index contributed by atoms with van der Waals surface area (Å²) in [5, 5.41) is 0. The summed E-state index contributed by atoms with van der Waals surface area (Å²) in [6.45, 7) is 3.02. The summed E-state index contributed by atoms with van der Waals surface area (Å²) in [6.07, 6.45) is 1.62. The number of carbonyl (C=O) groups excluding carboxylic acids is 1. The Labute approximate surface area is 112 Å². The van der Waals surface area contributed by atoms with Crippen LogP contribution in [0.1, 0.15) is 19.8 Å². The van der Waals surface area contributed by atoms with E-state index in [0.717, 1.165) is 12.8 Å². The van der Waals surface area contributed by atoms with Gasteiger partial charge in [-0.05, 0) is 31.2 Å². The zero-order valence-corrected chi connectivity index (χ0v) is 11.0. The van der Waals surface area contributed by atoms with Crippen molar-refractivity contribution >= 4 is 5.91 Å². The maximum atomic E-state index is 12.8. The zero-order chi connectivity index (χ0) is 13.8. The van der Waals surface area contributed by atoms with Gasteiger partial charge >= 0.3 is 0 Å². The van der Waals surface area contributed by atoms with Crippen molar-refractivity contribution in [3.63, 3.8) is 0 Å². The fraction of sp³-hybridized carbons (Fsp3) is 0.500. The average Bonchev–Trinajstić information content (AvgIpc) is 2.41. The molecule has 0 spiro atoms. The fourth-order valence-electron chi connectivity index (χ4n) is 2.19. The van der Waals surface area contributed by atoms with E-state index in [-0.39, 0.29) is 17.8 Å². The Morgan fingerprint density at radius 3 is 2.47 bits per heavy atom. The molecule has 1 fully saturated rings. The topological polar surface area (TPSA) is 55.6 Å². The number of hydrogen-bond donors (Lipinski definition) is 1. The van der Waals surface area contributed by atoms with Crippen LogP contribution in [-0.2, 0) is 4.79 Å². The van der Waals surface area contributed by atoms with Gasteiger partial charge in [0.2, 0.25) is 5.91 Å². The maximum Gasteiger partial charge on any atom is 0.239 e. The van der Waals surface area contributed by atoms with Crippen molar-refractivity contribution in [2.45, 2.75) is 31.9 Å². The molecule has 1 atom stereocenters. The molecule has 1 amide bonds. The van der Waals surface area contributed by atoms with E-state index in [9.17, 15) is 9.18 Å². The van der Waals surface area contributed by atoms with Crippen molar-refractivity contribution < 1.29 is 13.9 Å². The van der Waals surface area contributed by atoms with Gasteiger partial charge in [0.1, 0.15) is 17.7 Å². The predicted octanol–water partition coefficient (Wildman–Crippen LogP) is 1.54. The number of hydrogen-bond acceptors (Lipinski definition) is 3. The summed E-state index contributed by atoms with van der Waals surface area (Å²) in [7, 11) is 0. The lowest BCUT2D eigenvalue weighted by molar-refractivity contribution is -0.133. The Kier molecular flexibility index (Phi) is 4.37. The van der Waals surface area contributed by atoms with Crippen LogP contribution < -0.4 is 10.5 Å². The highest BCUT2D eigenvalue weighted by molar-refractivity contribution is 5.81. The second kappa shape index (κ2) is 6.02. The van der Waals surface area contributed by atoms with Crippen LogP contribution in [-0.4, -0.2) is 36.0 Å². The van der Waals surface area contributed by atoms with Gasteiger partial charge in [-0.2, -0.15) is 0 Å². The van der Waals surface area contributed by atoms with Gasteiger partial charge in [0, 0.05) is 25.9 Å². The summed E-state index contributed by atoms with van der Waals surface area (Å²) in [6, 6.07) is 5.55. The number of nitrogens with zero attached hydrogens (tertiary/aromatic N) is 1. The van der Waals surface area contributed by atoms with E-state index >= 15 is 0 Å². The standard InChI is InChI=1S/C14H19FN2O2/c1-10(16)14(18)17-8-6-13(7-9-17)19-12-4-2-11(15)3-5-12/h2-5,10,13H,6-9,16H2,1H3. The monoisotopic (exact) mass is 266 g/mol. The summed E-state index contributed by atoms with van der Waals surface area (Å²) in [4.78, 5) is 13.5. The third-order valence-corrected chi connectivity index (χ3v) is 3.26. The maximum absolute atomic E-state index is 12.8. The number of amides is 1. The molecule has 2 N–H and O–H groups in total. The van der Waals surface area contributed by atoms with Crippen molar-refractivity contribution in [3.8, 4) is 5.75 Å². The number of halogens is 1. The van der Waals surface area contributed by atoms with Gasteiger partial charge in [0.25, 0.3) is 0 Å². The molecular formula is C14H19FN2O2. The number of likely N-dealkylation sites (tertiary alicyclic amines) is 1. The molecule has 19 heavy (non-hydrogen) atoms. The van der Waals surface area contributed by atoms with Crippen LogP contribution in [0.3, 0.4) is 0 Å². The van der Waals surface area contributed by atoms with E-state index in [1.165, 1.54) is 12.1 Å².